The third-order valence-electron chi connectivity index (χ3n) is 1.08. The highest BCUT2D eigenvalue weighted by Gasteiger charge is 1.96. The van der Waals surface area contributed by atoms with Gasteiger partial charge in [0.05, 0.1) is 5.38 Å². The fourth-order valence-corrected chi connectivity index (χ4v) is 1.60. The predicted octanol–water partition coefficient (Wildman–Crippen LogP) is 1.86. The van der Waals surface area contributed by atoms with Gasteiger partial charge in [0, 0.05) is 10.8 Å². The lowest BCUT2D eigenvalue weighted by molar-refractivity contribution is -0.692. The van der Waals surface area contributed by atoms with Crippen molar-refractivity contribution >= 4 is 33.9 Å². The first kappa shape index (κ1) is 7.47. The molecule has 0 aliphatic carbocycles. The highest BCUT2D eigenvalue weighted by molar-refractivity contribution is 14.1. The topological polar surface area (TPSA) is 3.88 Å². The number of alkyl halides is 1. The normalized spacial score (nSPS) is 9.89. The van der Waals surface area contributed by atoms with Gasteiger partial charge in [0.15, 0.2) is 6.20 Å². The van der Waals surface area contributed by atoms with Crippen LogP contribution in [0, 0.1) is 0 Å². The minimum atomic E-state index is 1.17. The van der Waals surface area contributed by atoms with Gasteiger partial charge in [0.1, 0.15) is 6.54 Å². The molecule has 0 aliphatic heterocycles. The van der Waals surface area contributed by atoms with Crippen molar-refractivity contribution in [1.29, 1.82) is 0 Å². The number of aromatic nitrogens is 1. The van der Waals surface area contributed by atoms with Gasteiger partial charge in [-0.1, -0.05) is 33.9 Å². The van der Waals surface area contributed by atoms with Crippen molar-refractivity contribution in [3.05, 3.63) is 17.1 Å². The monoisotopic (exact) mass is 254 g/mol. The van der Waals surface area contributed by atoms with E-state index >= 15 is 0 Å². The average molecular weight is 254 g/mol. The Bertz CT molecular complexity index is 150. The second-order valence-corrected chi connectivity index (χ2v) is 3.64. The average Bonchev–Trinajstić information content (AvgIpc) is 2.34. The lowest BCUT2D eigenvalue weighted by atomic mass is 10.5. The number of aryl methyl sites for hydroxylation is 1. The zero-order valence-corrected chi connectivity index (χ0v) is 8.06. The molecule has 3 heteroatoms. The van der Waals surface area contributed by atoms with Crippen LogP contribution in [0.25, 0.3) is 0 Å². The summed E-state index contributed by atoms with van der Waals surface area (Å²) in [5.74, 6) is 0. The van der Waals surface area contributed by atoms with Gasteiger partial charge in [-0.3, -0.25) is 0 Å². The fourth-order valence-electron chi connectivity index (χ4n) is 0.631. The van der Waals surface area contributed by atoms with Gasteiger partial charge in [-0.15, -0.1) is 0 Å². The van der Waals surface area contributed by atoms with E-state index < -0.39 is 0 Å². The molecule has 0 N–H and O–H groups in total. The van der Waals surface area contributed by atoms with E-state index in [1.165, 1.54) is 17.4 Å². The van der Waals surface area contributed by atoms with E-state index in [1.54, 1.807) is 11.3 Å². The first-order valence-electron chi connectivity index (χ1n) is 2.90. The van der Waals surface area contributed by atoms with Gasteiger partial charge in [-0.2, -0.15) is 4.57 Å². The fraction of sp³-hybridized carbons (Fsp3) is 0.500. The molecule has 0 aliphatic rings. The molecule has 0 spiro atoms. The summed E-state index contributed by atoms with van der Waals surface area (Å²) in [7, 11) is 0. The predicted molar refractivity (Wildman–Crippen MR) is 48.0 cm³/mol. The Morgan fingerprint density at radius 1 is 1.56 bits per heavy atom. The largest absolute Gasteiger partial charge is 0.224 e. The maximum absolute atomic E-state index is 2.40. The van der Waals surface area contributed by atoms with Gasteiger partial charge in [0.25, 0.3) is 0 Å². The molecule has 0 radical (unpaired) electrons. The van der Waals surface area contributed by atoms with Gasteiger partial charge >= 0.3 is 0 Å². The highest BCUT2D eigenvalue weighted by atomic mass is 127. The molecule has 1 aromatic heterocycles. The number of hydrogen-bond donors (Lipinski definition) is 0. The summed E-state index contributed by atoms with van der Waals surface area (Å²) in [6.45, 7) is 1.17. The van der Waals surface area contributed by atoms with E-state index in [1.807, 2.05) is 0 Å². The van der Waals surface area contributed by atoms with Crippen LogP contribution < -0.4 is 4.57 Å². The van der Waals surface area contributed by atoms with Crippen molar-refractivity contribution in [2.75, 3.05) is 4.43 Å². The second kappa shape index (κ2) is 4.22. The number of rotatable bonds is 3. The zero-order valence-electron chi connectivity index (χ0n) is 5.09. The molecule has 9 heavy (non-hydrogen) atoms. The maximum atomic E-state index is 2.40. The van der Waals surface area contributed by atoms with Gasteiger partial charge < -0.3 is 0 Å². The van der Waals surface area contributed by atoms with Crippen molar-refractivity contribution in [3.63, 3.8) is 0 Å². The number of nitrogens with zero attached hydrogens (tertiary/aromatic N) is 1. The van der Waals surface area contributed by atoms with Crippen molar-refractivity contribution in [1.82, 2.24) is 0 Å². The standard InChI is InChI=1S/C6H9INS/c7-2-1-3-8-4-5-9-6-8/h4-6H,1-3H2/q+1. The van der Waals surface area contributed by atoms with Crippen LogP contribution in [0.15, 0.2) is 17.1 Å². The van der Waals surface area contributed by atoms with E-state index in [0.29, 0.717) is 0 Å². The molecule has 0 bridgehead atoms. The Kier molecular flexibility index (Phi) is 3.50. The molecule has 0 aromatic carbocycles. The number of hydrogen-bond acceptors (Lipinski definition) is 1. The first-order valence-corrected chi connectivity index (χ1v) is 5.37. The van der Waals surface area contributed by atoms with Crippen LogP contribution in [0.1, 0.15) is 6.42 Å². The molecular weight excluding hydrogens is 245 g/mol. The van der Waals surface area contributed by atoms with Crippen molar-refractivity contribution in [3.8, 4) is 0 Å². The molecule has 0 saturated carbocycles. The van der Waals surface area contributed by atoms with Gasteiger partial charge in [0.2, 0.25) is 5.51 Å². The smallest absolute Gasteiger partial charge is 0.195 e. The molecule has 1 aromatic rings. The van der Waals surface area contributed by atoms with Crippen LogP contribution >= 0.6 is 33.9 Å². The lowest BCUT2D eigenvalue weighted by Crippen LogP contribution is -2.29. The number of thiazole rings is 1. The van der Waals surface area contributed by atoms with Crippen LogP contribution in [-0.2, 0) is 6.54 Å². The van der Waals surface area contributed by atoms with E-state index in [0.717, 1.165) is 0 Å². The first-order chi connectivity index (χ1) is 4.43. The highest BCUT2D eigenvalue weighted by Crippen LogP contribution is 1.91. The minimum Gasteiger partial charge on any atom is -0.195 e. The Balaban J connectivity index is 2.30. The van der Waals surface area contributed by atoms with Gasteiger partial charge in [-0.25, -0.2) is 0 Å². The Morgan fingerprint density at radius 3 is 3.00 bits per heavy atom. The van der Waals surface area contributed by atoms with Crippen LogP contribution in [-0.4, -0.2) is 4.43 Å². The second-order valence-electron chi connectivity index (χ2n) is 1.81. The van der Waals surface area contributed by atoms with Crippen molar-refractivity contribution in [2.24, 2.45) is 0 Å². The van der Waals surface area contributed by atoms with E-state index in [-0.39, 0.29) is 0 Å². The third-order valence-corrected chi connectivity index (χ3v) is 2.51. The molecule has 1 rings (SSSR count). The molecule has 0 saturated heterocycles. The van der Waals surface area contributed by atoms with Crippen LogP contribution in [0.4, 0.5) is 0 Å². The summed E-state index contributed by atoms with van der Waals surface area (Å²) >= 11 is 4.15. The molecular formula is C6H9INS+. The van der Waals surface area contributed by atoms with E-state index in [2.05, 4.69) is 44.2 Å². The van der Waals surface area contributed by atoms with Gasteiger partial charge in [-0.05, 0) is 0 Å². The lowest BCUT2D eigenvalue weighted by Gasteiger charge is -1.85. The third kappa shape index (κ3) is 2.62. The van der Waals surface area contributed by atoms with Crippen molar-refractivity contribution < 1.29 is 4.57 Å². The van der Waals surface area contributed by atoms with E-state index in [9.17, 15) is 0 Å². The Labute approximate surface area is 72.9 Å². The molecule has 1 heterocycles. The molecule has 1 nitrogen and oxygen atoms in total. The summed E-state index contributed by atoms with van der Waals surface area (Å²) in [6, 6.07) is 0. The van der Waals surface area contributed by atoms with Crippen molar-refractivity contribution in [2.45, 2.75) is 13.0 Å². The summed E-state index contributed by atoms with van der Waals surface area (Å²) < 4.78 is 3.48. The Hall–Kier alpha value is 0.360. The molecule has 50 valence electrons. The zero-order chi connectivity index (χ0) is 6.53. The summed E-state index contributed by atoms with van der Waals surface area (Å²) in [5, 5.41) is 2.10. The van der Waals surface area contributed by atoms with E-state index in [4.69, 9.17) is 0 Å². The Morgan fingerprint density at radius 2 is 2.44 bits per heavy atom. The minimum absolute atomic E-state index is 1.17. The van der Waals surface area contributed by atoms with Crippen LogP contribution in [0.5, 0.6) is 0 Å². The number of halogens is 1. The summed E-state index contributed by atoms with van der Waals surface area (Å²) in [4.78, 5) is 0. The SMILES string of the molecule is ICCC[n+]1ccsc1. The molecule has 0 amide bonds. The molecule has 0 fully saturated rings. The molecule has 0 unspecified atom stereocenters. The van der Waals surface area contributed by atoms with Crippen LogP contribution in [0.2, 0.25) is 0 Å². The maximum Gasteiger partial charge on any atom is 0.224 e. The summed E-state index contributed by atoms with van der Waals surface area (Å²) in [5.41, 5.74) is 2.15. The van der Waals surface area contributed by atoms with Crippen LogP contribution in [0.3, 0.4) is 0 Å². The quantitative estimate of drug-likeness (QED) is 0.440. The molecule has 0 atom stereocenters. The summed E-state index contributed by atoms with van der Waals surface area (Å²) in [6.07, 6.45) is 3.40.